The average Bonchev–Trinajstić information content (AvgIpc) is 2.82. The molecule has 4 nitrogen and oxygen atoms in total. The van der Waals surface area contributed by atoms with E-state index in [1.54, 1.807) is 0 Å². The molecule has 1 saturated heterocycles. The summed E-state index contributed by atoms with van der Waals surface area (Å²) >= 11 is 0. The van der Waals surface area contributed by atoms with Crippen LogP contribution in [0.3, 0.4) is 0 Å². The molecular weight excluding hydrogens is 264 g/mol. The van der Waals surface area contributed by atoms with Crippen LogP contribution in [0.1, 0.15) is 51.8 Å². The molecule has 0 bridgehead atoms. The number of hydrogen-bond acceptors (Lipinski definition) is 3. The van der Waals surface area contributed by atoms with E-state index in [0.29, 0.717) is 6.61 Å². The number of likely N-dealkylation sites (N-methyl/N-ethyl adjacent to an activating group) is 1. The van der Waals surface area contributed by atoms with Gasteiger partial charge in [-0.25, -0.2) is 0 Å². The van der Waals surface area contributed by atoms with Gasteiger partial charge in [0.25, 0.3) is 0 Å². The normalized spacial score (nSPS) is 21.9. The minimum Gasteiger partial charge on any atom is -0.494 e. The number of ether oxygens (including phenoxy) is 1. The molecule has 4 heteroatoms. The van der Waals surface area contributed by atoms with Gasteiger partial charge in [0.05, 0.1) is 12.6 Å². The van der Waals surface area contributed by atoms with E-state index in [-0.39, 0.29) is 18.1 Å². The van der Waals surface area contributed by atoms with Crippen molar-refractivity contribution in [3.63, 3.8) is 0 Å². The second-order valence-corrected chi connectivity index (χ2v) is 5.39. The van der Waals surface area contributed by atoms with Crippen molar-refractivity contribution in [1.82, 2.24) is 10.2 Å². The maximum Gasteiger partial charge on any atom is 0.241 e. The lowest BCUT2D eigenvalue weighted by atomic mass is 10.1. The Morgan fingerprint density at radius 2 is 1.90 bits per heavy atom. The Morgan fingerprint density at radius 1 is 1.19 bits per heavy atom. The maximum atomic E-state index is 12.4. The predicted octanol–water partition coefficient (Wildman–Crippen LogP) is 3.09. The van der Waals surface area contributed by atoms with Crippen LogP contribution < -0.4 is 10.1 Å². The maximum absolute atomic E-state index is 12.4. The molecule has 2 unspecified atom stereocenters. The second-order valence-electron chi connectivity index (χ2n) is 5.39. The van der Waals surface area contributed by atoms with Gasteiger partial charge in [-0.2, -0.15) is 0 Å². The summed E-state index contributed by atoms with van der Waals surface area (Å²) in [5, 5.41) is 3.48. The second kappa shape index (κ2) is 7.46. The zero-order valence-electron chi connectivity index (χ0n) is 13.3. The lowest BCUT2D eigenvalue weighted by Crippen LogP contribution is -2.30. The first kappa shape index (κ1) is 15.8. The molecule has 2 atom stereocenters. The minimum absolute atomic E-state index is 0.0139. The Hall–Kier alpha value is -1.55. The Morgan fingerprint density at radius 3 is 2.48 bits per heavy atom. The quantitative estimate of drug-likeness (QED) is 0.839. The van der Waals surface area contributed by atoms with E-state index in [9.17, 15) is 4.79 Å². The molecule has 0 aromatic heterocycles. The van der Waals surface area contributed by atoms with Gasteiger partial charge < -0.3 is 9.64 Å². The molecule has 1 fully saturated rings. The largest absolute Gasteiger partial charge is 0.494 e. The molecule has 1 heterocycles. The fraction of sp³-hybridized carbons (Fsp3) is 0.588. The van der Waals surface area contributed by atoms with Crippen LogP contribution in [0.25, 0.3) is 0 Å². The fourth-order valence-electron chi connectivity index (χ4n) is 2.82. The van der Waals surface area contributed by atoms with E-state index in [1.165, 1.54) is 0 Å². The van der Waals surface area contributed by atoms with Gasteiger partial charge in [0.2, 0.25) is 5.91 Å². The van der Waals surface area contributed by atoms with Crippen LogP contribution in [-0.2, 0) is 4.79 Å². The zero-order valence-corrected chi connectivity index (χ0v) is 13.3. The molecule has 1 N–H and O–H groups in total. The van der Waals surface area contributed by atoms with Crippen LogP contribution in [0, 0.1) is 0 Å². The first-order chi connectivity index (χ1) is 10.2. The Balaban J connectivity index is 2.11. The van der Waals surface area contributed by atoms with Gasteiger partial charge in [-0.05, 0) is 38.0 Å². The molecule has 21 heavy (non-hydrogen) atoms. The highest BCUT2D eigenvalue weighted by molar-refractivity contribution is 5.84. The van der Waals surface area contributed by atoms with Crippen molar-refractivity contribution in [2.45, 2.75) is 52.2 Å². The van der Waals surface area contributed by atoms with Crippen LogP contribution in [-0.4, -0.2) is 30.0 Å². The summed E-state index contributed by atoms with van der Waals surface area (Å²) < 4.78 is 5.47. The molecule has 1 aliphatic rings. The van der Waals surface area contributed by atoms with Crippen LogP contribution in [0.2, 0.25) is 0 Å². The number of rotatable bonds is 7. The van der Waals surface area contributed by atoms with Crippen molar-refractivity contribution in [1.29, 1.82) is 0 Å². The van der Waals surface area contributed by atoms with E-state index in [4.69, 9.17) is 4.74 Å². The Kier molecular flexibility index (Phi) is 5.62. The monoisotopic (exact) mass is 290 g/mol. The van der Waals surface area contributed by atoms with Crippen LogP contribution in [0.15, 0.2) is 24.3 Å². The third-order valence-corrected chi connectivity index (χ3v) is 3.95. The van der Waals surface area contributed by atoms with Crippen LogP contribution in [0.4, 0.5) is 0 Å². The number of hydrogen-bond donors (Lipinski definition) is 1. The summed E-state index contributed by atoms with van der Waals surface area (Å²) in [7, 11) is 0. The Labute approximate surface area is 127 Å². The van der Waals surface area contributed by atoms with Gasteiger partial charge in [0.15, 0.2) is 0 Å². The molecule has 0 saturated carbocycles. The van der Waals surface area contributed by atoms with E-state index < -0.39 is 0 Å². The van der Waals surface area contributed by atoms with E-state index in [1.807, 2.05) is 43.0 Å². The van der Waals surface area contributed by atoms with Crippen molar-refractivity contribution in [2.75, 3.05) is 13.2 Å². The summed E-state index contributed by atoms with van der Waals surface area (Å²) in [5.74, 6) is 1.10. The summed E-state index contributed by atoms with van der Waals surface area (Å²) in [6.07, 6.45) is 3.10. The third kappa shape index (κ3) is 3.56. The first-order valence-electron chi connectivity index (χ1n) is 8.00. The molecule has 116 valence electrons. The highest BCUT2D eigenvalue weighted by Crippen LogP contribution is 2.28. The smallest absolute Gasteiger partial charge is 0.241 e. The van der Waals surface area contributed by atoms with E-state index >= 15 is 0 Å². The number of unbranched alkanes of at least 4 members (excludes halogenated alkanes) is 1. The van der Waals surface area contributed by atoms with Gasteiger partial charge in [-0.3, -0.25) is 10.1 Å². The van der Waals surface area contributed by atoms with Crippen molar-refractivity contribution in [3.8, 4) is 5.75 Å². The summed E-state index contributed by atoms with van der Waals surface area (Å²) in [5.41, 5.74) is 1.12. The standard InChI is InChI=1S/C17H26N2O2/c1-4-7-8-15-17(20)19(5-2)16(18-15)13-9-11-14(12-10-13)21-6-3/h9-12,15-16,18H,4-8H2,1-3H3. The summed E-state index contributed by atoms with van der Waals surface area (Å²) in [4.78, 5) is 14.4. The molecule has 0 spiro atoms. The third-order valence-electron chi connectivity index (χ3n) is 3.95. The molecule has 0 aliphatic carbocycles. The lowest BCUT2D eigenvalue weighted by Gasteiger charge is -2.23. The van der Waals surface area contributed by atoms with Crippen molar-refractivity contribution in [3.05, 3.63) is 29.8 Å². The minimum atomic E-state index is -0.0403. The number of nitrogens with zero attached hydrogens (tertiary/aromatic N) is 1. The molecule has 1 aliphatic heterocycles. The van der Waals surface area contributed by atoms with Crippen LogP contribution in [0.5, 0.6) is 5.75 Å². The summed E-state index contributed by atoms with van der Waals surface area (Å²) in [6.45, 7) is 7.55. The number of carbonyl (C=O) groups excluding carboxylic acids is 1. The molecule has 0 radical (unpaired) electrons. The van der Waals surface area contributed by atoms with Gasteiger partial charge in [0.1, 0.15) is 11.9 Å². The van der Waals surface area contributed by atoms with Gasteiger partial charge in [0, 0.05) is 6.54 Å². The van der Waals surface area contributed by atoms with Crippen molar-refractivity contribution in [2.24, 2.45) is 0 Å². The van der Waals surface area contributed by atoms with E-state index in [2.05, 4.69) is 12.2 Å². The predicted molar refractivity (Wildman–Crippen MR) is 84.2 cm³/mol. The van der Waals surface area contributed by atoms with E-state index in [0.717, 1.165) is 37.1 Å². The van der Waals surface area contributed by atoms with Gasteiger partial charge in [-0.1, -0.05) is 31.9 Å². The number of nitrogens with one attached hydrogen (secondary N) is 1. The van der Waals surface area contributed by atoms with Gasteiger partial charge in [-0.15, -0.1) is 0 Å². The fourth-order valence-corrected chi connectivity index (χ4v) is 2.82. The van der Waals surface area contributed by atoms with Gasteiger partial charge >= 0.3 is 0 Å². The highest BCUT2D eigenvalue weighted by Gasteiger charge is 2.37. The molecule has 2 rings (SSSR count). The van der Waals surface area contributed by atoms with Crippen LogP contribution >= 0.6 is 0 Å². The molecule has 1 aromatic carbocycles. The first-order valence-corrected chi connectivity index (χ1v) is 8.00. The average molecular weight is 290 g/mol. The zero-order chi connectivity index (χ0) is 15.2. The SMILES string of the molecule is CCCCC1NC(c2ccc(OCC)cc2)N(CC)C1=O. The number of benzene rings is 1. The van der Waals surface area contributed by atoms with Crippen molar-refractivity contribution >= 4 is 5.91 Å². The lowest BCUT2D eigenvalue weighted by molar-refractivity contribution is -0.130. The topological polar surface area (TPSA) is 41.6 Å². The molecule has 1 amide bonds. The summed E-state index contributed by atoms with van der Waals surface area (Å²) in [6, 6.07) is 7.99. The number of amides is 1. The molecule has 1 aromatic rings. The molecular formula is C17H26N2O2. The highest BCUT2D eigenvalue weighted by atomic mass is 16.5. The Bertz CT molecular complexity index is 458. The number of carbonyl (C=O) groups is 1. The van der Waals surface area contributed by atoms with Crippen molar-refractivity contribution < 1.29 is 9.53 Å².